The first-order valence-electron chi connectivity index (χ1n) is 38.4. The highest BCUT2D eigenvalue weighted by atomic mass is 32.2. The summed E-state index contributed by atoms with van der Waals surface area (Å²) < 4.78 is 32.6. The van der Waals surface area contributed by atoms with E-state index in [0.717, 1.165) is 55.2 Å². The molecular weight excluding hydrogens is 1620 g/mol. The summed E-state index contributed by atoms with van der Waals surface area (Å²) in [5.74, 6) is -27.7. The fourth-order valence-electron chi connectivity index (χ4n) is 13.3. The van der Waals surface area contributed by atoms with E-state index in [0.29, 0.717) is 9.80 Å². The highest BCUT2D eigenvalue weighted by molar-refractivity contribution is 7.85. The minimum atomic E-state index is -2.82. The predicted molar refractivity (Wildman–Crippen MR) is 412 cm³/mol. The summed E-state index contributed by atoms with van der Waals surface area (Å²) in [6, 6.07) is -20.0. The van der Waals surface area contributed by atoms with Crippen LogP contribution in [0.4, 0.5) is 5.69 Å². The van der Waals surface area contributed by atoms with Crippen molar-refractivity contribution in [2.24, 2.45) is 17.6 Å². The molecule has 1 aromatic carbocycles. The third-order valence-electron chi connectivity index (χ3n) is 20.2. The number of aromatic amines is 1. The molecule has 1 aromatic heterocycles. The summed E-state index contributed by atoms with van der Waals surface area (Å²) >= 11 is 0. The van der Waals surface area contributed by atoms with E-state index in [1.54, 1.807) is 13.8 Å². The topological polar surface area (TPSA) is 684 Å². The van der Waals surface area contributed by atoms with Gasteiger partial charge >= 0.3 is 5.97 Å². The van der Waals surface area contributed by atoms with Gasteiger partial charge in [-0.2, -0.15) is 0 Å². The molecule has 2 aromatic rings. The van der Waals surface area contributed by atoms with Crippen LogP contribution in [0.25, 0.3) is 10.9 Å². The first-order valence-corrected chi connectivity index (χ1v) is 39.8. The minimum Gasteiger partial charge on any atom is -0.423 e. The Morgan fingerprint density at radius 2 is 1.10 bits per heavy atom. The van der Waals surface area contributed by atoms with Crippen LogP contribution >= 0.6 is 0 Å². The molecule has 8 unspecified atom stereocenters. The summed E-state index contributed by atoms with van der Waals surface area (Å²) in [7, 11) is -2.82. The maximum Gasteiger partial charge on any atom is 0.333 e. The van der Waals surface area contributed by atoms with E-state index in [1.807, 2.05) is 0 Å². The Labute approximate surface area is 690 Å². The molecule has 47 nitrogen and oxygen atoms in total. The smallest absolute Gasteiger partial charge is 0.333 e. The van der Waals surface area contributed by atoms with Gasteiger partial charge in [0.2, 0.25) is 94.5 Å². The molecule has 658 valence electrons. The van der Waals surface area contributed by atoms with Gasteiger partial charge in [-0.25, -0.2) is 4.79 Å². The SMILES string of the molecule is CC[C@H](C)[C@@H]1NC(=O)CNC(=O)[C@@H]2Cc3c([nH]c4cc5c(cc34)NC(=O)C(C)NC(=O)C(C)NC(=O)CCOCCNC(=O)C(N3C(=O)C=CC3=O)C(N3C(=O)C=CC3=O)C(=O)NCCOCCC(=O)NC(C)C(=O)NC(C)C(=O)O5)S(=O)C[C@H](NC(=O)CNC1=O)C(=O)N[C@@H](CC(N)=O)C(=O)N1C[C@H](O)C[C@H]1C(=O)N[C@@H](C(C)[C@@H](O)CO)C(=O)N2. The molecule has 0 aliphatic carbocycles. The molecule has 0 saturated carbocycles. The van der Waals surface area contributed by atoms with Crippen LogP contribution in [0.15, 0.2) is 41.5 Å². The first kappa shape index (κ1) is 94.0. The quantitative estimate of drug-likeness (QED) is 0.0630. The van der Waals surface area contributed by atoms with Crippen molar-refractivity contribution in [1.82, 2.24) is 88.8 Å². The first-order chi connectivity index (χ1) is 57.2. The maximum absolute atomic E-state index is 15.7. The van der Waals surface area contributed by atoms with Crippen LogP contribution in [-0.2, 0) is 127 Å². The number of hydrogen-bond donors (Lipinski definition) is 19. The van der Waals surface area contributed by atoms with Crippen LogP contribution < -0.4 is 84.9 Å². The third-order valence-corrected chi connectivity index (χ3v) is 21.7. The van der Waals surface area contributed by atoms with Crippen LogP contribution in [0.1, 0.15) is 86.1 Å². The van der Waals surface area contributed by atoms with Gasteiger partial charge in [0.25, 0.3) is 23.6 Å². The van der Waals surface area contributed by atoms with Crippen molar-refractivity contribution in [2.45, 2.75) is 177 Å². The number of H-pyrrole nitrogens is 1. The molecule has 0 radical (unpaired) electrons. The molecule has 6 aliphatic heterocycles. The molecule has 121 heavy (non-hydrogen) atoms. The average molecular weight is 1720 g/mol. The number of hydrogen-bond acceptors (Lipinski definition) is 28. The van der Waals surface area contributed by atoms with Crippen molar-refractivity contribution in [2.75, 3.05) is 76.8 Å². The number of fused-ring (bicyclic) bond motifs is 6. The van der Waals surface area contributed by atoms with E-state index in [2.05, 4.69) is 79.4 Å². The van der Waals surface area contributed by atoms with Crippen molar-refractivity contribution in [3.63, 3.8) is 0 Å². The second kappa shape index (κ2) is 42.4. The predicted octanol–water partition coefficient (Wildman–Crippen LogP) is -11.1. The molecule has 20 N–H and O–H groups in total. The van der Waals surface area contributed by atoms with E-state index < -0.39 is 338 Å². The van der Waals surface area contributed by atoms with Crippen LogP contribution in [0.2, 0.25) is 0 Å². The Morgan fingerprint density at radius 3 is 1.64 bits per heavy atom. The Kier molecular flexibility index (Phi) is 32.9. The van der Waals surface area contributed by atoms with Gasteiger partial charge in [0, 0.05) is 87.0 Å². The van der Waals surface area contributed by atoms with E-state index in [9.17, 15) is 106 Å². The van der Waals surface area contributed by atoms with Crippen LogP contribution in [0, 0.1) is 11.8 Å². The highest BCUT2D eigenvalue weighted by Gasteiger charge is 2.51. The number of nitrogens with two attached hydrogens (primary N) is 1. The zero-order chi connectivity index (χ0) is 89.1. The Balaban J connectivity index is 1.20. The van der Waals surface area contributed by atoms with Gasteiger partial charge in [-0.15, -0.1) is 0 Å². The number of carbonyl (C=O) groups is 21. The van der Waals surface area contributed by atoms with Crippen molar-refractivity contribution in [3.05, 3.63) is 42.0 Å². The number of benzene rings is 1. The largest absolute Gasteiger partial charge is 0.423 e. The summed E-state index contributed by atoms with van der Waals surface area (Å²) in [6.45, 7) is 3.07. The van der Waals surface area contributed by atoms with Gasteiger partial charge in [0.1, 0.15) is 77.5 Å². The number of nitrogens with zero attached hydrogens (tertiary/aromatic N) is 3. The molecule has 6 aliphatic rings. The lowest BCUT2D eigenvalue weighted by Crippen LogP contribution is -2.66. The number of imide groups is 2. The van der Waals surface area contributed by atoms with E-state index >= 15 is 13.8 Å². The van der Waals surface area contributed by atoms with Gasteiger partial charge in [0.05, 0.1) is 92.5 Å². The van der Waals surface area contributed by atoms with Gasteiger partial charge in [-0.05, 0) is 45.2 Å². The number of anilines is 1. The summed E-state index contributed by atoms with van der Waals surface area (Å²) in [5.41, 5.74) is 4.50. The summed E-state index contributed by atoms with van der Waals surface area (Å²) in [4.78, 5) is 297. The lowest BCUT2D eigenvalue weighted by atomic mass is 9.93. The van der Waals surface area contributed by atoms with Crippen molar-refractivity contribution in [1.29, 1.82) is 0 Å². The number of aliphatic hydroxyl groups excluding tert-OH is 3. The monoisotopic (exact) mass is 1720 g/mol. The number of ether oxygens (including phenoxy) is 3. The molecule has 0 spiro atoms. The number of aromatic nitrogens is 1. The molecular formula is C73H97N19O28S. The Hall–Kier alpha value is -12.5. The molecule has 48 heteroatoms. The van der Waals surface area contributed by atoms with Crippen LogP contribution in [0.3, 0.4) is 0 Å². The van der Waals surface area contributed by atoms with E-state index in [-0.39, 0.29) is 36.1 Å². The number of aliphatic hydroxyl groups is 3. The number of nitrogens with one attached hydrogen (secondary N) is 15. The van der Waals surface area contributed by atoms with Gasteiger partial charge in [-0.1, -0.05) is 27.2 Å². The minimum absolute atomic E-state index is 0.225. The lowest BCUT2D eigenvalue weighted by Gasteiger charge is -2.35. The van der Waals surface area contributed by atoms with Gasteiger partial charge in [-0.3, -0.25) is 110 Å². The second-order valence-electron chi connectivity index (χ2n) is 29.2. The zero-order valence-corrected chi connectivity index (χ0v) is 67.4. The molecule has 8 rings (SSSR count). The zero-order valence-electron chi connectivity index (χ0n) is 66.6. The fourth-order valence-corrected chi connectivity index (χ4v) is 14.7. The Bertz CT molecular complexity index is 4520. The van der Waals surface area contributed by atoms with Crippen molar-refractivity contribution >= 4 is 152 Å². The summed E-state index contributed by atoms with van der Waals surface area (Å²) in [6.07, 6.45) is -3.40. The molecule has 1 saturated heterocycles. The van der Waals surface area contributed by atoms with Crippen LogP contribution in [-0.4, -0.2) is 320 Å². The van der Waals surface area contributed by atoms with Crippen molar-refractivity contribution < 1.29 is 134 Å². The van der Waals surface area contributed by atoms with E-state index in [1.165, 1.54) is 20.8 Å². The Morgan fingerprint density at radius 1 is 0.570 bits per heavy atom. The summed E-state index contributed by atoms with van der Waals surface area (Å²) in [5, 5.41) is 65.3. The van der Waals surface area contributed by atoms with Crippen molar-refractivity contribution in [3.8, 4) is 5.75 Å². The van der Waals surface area contributed by atoms with Crippen LogP contribution in [0.5, 0.6) is 5.75 Å². The second-order valence-corrected chi connectivity index (χ2v) is 30.7. The molecule has 17 atom stereocenters. The van der Waals surface area contributed by atoms with Gasteiger partial charge in [0.15, 0.2) is 5.75 Å². The normalized spacial score (nSPS) is 28.5. The van der Waals surface area contributed by atoms with E-state index in [4.69, 9.17) is 19.9 Å². The molecule has 20 amide bonds. The molecule has 2 bridgehead atoms. The van der Waals surface area contributed by atoms with Gasteiger partial charge < -0.3 is 120 Å². The average Bonchev–Trinajstić information content (AvgIpc) is 1.63. The lowest BCUT2D eigenvalue weighted by molar-refractivity contribution is -0.156. The number of amides is 20. The molecule has 1 fully saturated rings. The standard InChI is InChI=1S/C73H97N19O28S/c1-8-31(2)57-67(111)78-26-51(99)83-44-30-121(117)71-39(23-42(64(108)77-27-52(100)88-57)85-68(112)58(32(3)46(95)29-93)89-66(110)45-21-37(94)28-90(45)72(115)43(25-48(74)96)86-65(44)109)38-22-41-47(24-40(38)87-71)120-73(116)36(7)82-62(106)34(5)80-50(98)14-18-119-20-16-76-70(114)60(92-55(103)11-12-56(92)104)59(91-53(101)9-10-54(91)102)69(113)75-15-19-118-17-13-49(97)79-33(4)61(105)81-35(6)63(107)84-41/h9-12,22,24,31-37,42-46,57-60,87,93-95H,8,13-21,23,25-30H2,1-7H3,(H2,74,96)(H,75,113)(H,76,114)(H,77,108)(H,78,111)(H,79,97)(H,80,98)(H,81,105)(H,82,106)(H,83,99)(H,84,107)(H,85,112)(H,86,109)(H,88,100)(H,89,110)/t31-,32?,33?,34?,35?,36?,37+,42-,43-,44-,45-,46-,57-,58-,59?,60?,121?/m0/s1. The number of carbonyl (C=O) groups excluding carboxylic acids is 21. The maximum atomic E-state index is 15.7. The third kappa shape index (κ3) is 24.4. The molecule has 7 heterocycles. The number of rotatable bonds is 9. The fraction of sp³-hybridized carbons (Fsp3) is 0.548. The highest BCUT2D eigenvalue weighted by Crippen LogP contribution is 2.37. The number of primary amides is 1. The number of esters is 1.